The predicted octanol–water partition coefficient (Wildman–Crippen LogP) is 17.5. The van der Waals surface area contributed by atoms with Crippen molar-refractivity contribution < 1.29 is 18.9 Å². The first-order valence-corrected chi connectivity index (χ1v) is 24.5. The van der Waals surface area contributed by atoms with Gasteiger partial charge in [0.15, 0.2) is 0 Å². The largest absolute Gasteiger partial charge is 0.497 e. The number of fused-ring (bicyclic) bond motifs is 3. The minimum atomic E-state index is 0.826. The van der Waals surface area contributed by atoms with Crippen LogP contribution in [-0.4, -0.2) is 28.4 Å². The summed E-state index contributed by atoms with van der Waals surface area (Å²) in [7, 11) is 6.86. The fourth-order valence-corrected chi connectivity index (χ4v) is 13.9. The average molecular weight is 925 g/mol. The van der Waals surface area contributed by atoms with E-state index in [0.717, 1.165) is 67.5 Å². The summed E-state index contributed by atoms with van der Waals surface area (Å²) in [6.07, 6.45) is 0. The van der Waals surface area contributed by atoms with Gasteiger partial charge in [0, 0.05) is 32.0 Å². The molecular weight excluding hydrogens is 881 g/mol. The molecule has 67 heavy (non-hydrogen) atoms. The summed E-state index contributed by atoms with van der Waals surface area (Å²) in [6.45, 7) is 0. The Morgan fingerprint density at radius 3 is 0.791 bits per heavy atom. The van der Waals surface area contributed by atoms with Gasteiger partial charge in [-0.25, -0.2) is 0 Å². The second-order valence-corrected chi connectivity index (χ2v) is 19.2. The molecule has 0 unspecified atom stereocenters. The van der Waals surface area contributed by atoms with Crippen LogP contribution in [0.25, 0.3) is 106 Å². The summed E-state index contributed by atoms with van der Waals surface area (Å²) in [4.78, 5) is 2.47. The molecule has 11 rings (SSSR count). The lowest BCUT2D eigenvalue weighted by molar-refractivity contribution is 0.415. The van der Waals surface area contributed by atoms with Crippen LogP contribution in [0.2, 0.25) is 0 Å². The number of hydrogen-bond acceptors (Lipinski definition) is 7. The van der Waals surface area contributed by atoms with Crippen LogP contribution in [-0.2, 0) is 0 Å². The number of rotatable bonds is 12. The molecular formula is C60H44O4S3. The first-order valence-electron chi connectivity index (χ1n) is 22.0. The van der Waals surface area contributed by atoms with Gasteiger partial charge in [-0.15, -0.1) is 34.0 Å². The lowest BCUT2D eigenvalue weighted by atomic mass is 9.88. The summed E-state index contributed by atoms with van der Waals surface area (Å²) in [6, 6.07) is 69.1. The third kappa shape index (κ3) is 7.65. The molecule has 0 radical (unpaired) electrons. The molecule has 3 aromatic heterocycles. The molecule has 0 saturated carbocycles. The Labute approximate surface area is 402 Å². The maximum Gasteiger partial charge on any atom is 0.118 e. The van der Waals surface area contributed by atoms with Crippen LogP contribution in [0.15, 0.2) is 194 Å². The Kier molecular flexibility index (Phi) is 11.4. The standard InChI is InChI=1S/C60H44O4S3/c1-61-43-29-21-37(22-30-43)47-17-11-18-48(38-23-31-44(62-2)32-24-38)53(47)55-51(41-13-7-5-8-14-41)57-59(65-55)60-58(67-57)52(42-15-9-6-10-16-42)56(66-60)54-49(39-25-33-45(63-3)34-26-39)19-12-20-50(54)40-27-35-46(64-4)36-28-40/h5-36H,1-4H3. The Hall–Kier alpha value is -7.42. The molecule has 0 amide bonds. The highest BCUT2D eigenvalue weighted by Gasteiger charge is 2.29. The summed E-state index contributed by atoms with van der Waals surface area (Å²) >= 11 is 5.73. The Balaban J connectivity index is 1.24. The first kappa shape index (κ1) is 42.2. The summed E-state index contributed by atoms with van der Waals surface area (Å²) in [5.41, 5.74) is 16.4. The van der Waals surface area contributed by atoms with Crippen molar-refractivity contribution in [1.29, 1.82) is 0 Å². The average Bonchev–Trinajstić information content (AvgIpc) is 4.07. The van der Waals surface area contributed by atoms with E-state index in [1.54, 1.807) is 28.4 Å². The van der Waals surface area contributed by atoms with Crippen molar-refractivity contribution >= 4 is 52.8 Å². The Morgan fingerprint density at radius 2 is 0.522 bits per heavy atom. The zero-order valence-corrected chi connectivity index (χ0v) is 39.8. The number of methoxy groups -OCH3 is 4. The van der Waals surface area contributed by atoms with Gasteiger partial charge in [0.25, 0.3) is 0 Å². The third-order valence-corrected chi connectivity index (χ3v) is 16.5. The van der Waals surface area contributed by atoms with Crippen LogP contribution in [0.5, 0.6) is 23.0 Å². The molecule has 0 aliphatic heterocycles. The van der Waals surface area contributed by atoms with Gasteiger partial charge < -0.3 is 18.9 Å². The van der Waals surface area contributed by atoms with Gasteiger partial charge in [-0.3, -0.25) is 0 Å². The molecule has 8 aromatic carbocycles. The first-order chi connectivity index (χ1) is 33.0. The van der Waals surface area contributed by atoms with Crippen molar-refractivity contribution in [3.63, 3.8) is 0 Å². The Bertz CT molecular complexity index is 3150. The lowest BCUT2D eigenvalue weighted by Crippen LogP contribution is -1.92. The van der Waals surface area contributed by atoms with E-state index in [1.165, 1.54) is 61.9 Å². The molecule has 11 aromatic rings. The number of ether oxygens (including phenoxy) is 4. The van der Waals surface area contributed by atoms with Gasteiger partial charge >= 0.3 is 0 Å². The van der Waals surface area contributed by atoms with Crippen LogP contribution in [0.3, 0.4) is 0 Å². The predicted molar refractivity (Wildman–Crippen MR) is 285 cm³/mol. The minimum Gasteiger partial charge on any atom is -0.497 e. The molecule has 3 heterocycles. The van der Waals surface area contributed by atoms with Crippen molar-refractivity contribution in [1.82, 2.24) is 0 Å². The van der Waals surface area contributed by atoms with Crippen molar-refractivity contribution in [2.24, 2.45) is 0 Å². The Morgan fingerprint density at radius 1 is 0.239 bits per heavy atom. The highest BCUT2D eigenvalue weighted by atomic mass is 32.1. The molecule has 0 N–H and O–H groups in total. The van der Waals surface area contributed by atoms with Gasteiger partial charge in [0.2, 0.25) is 0 Å². The van der Waals surface area contributed by atoms with Crippen LogP contribution in [0.4, 0.5) is 0 Å². The van der Waals surface area contributed by atoms with Crippen molar-refractivity contribution in [3.8, 4) is 111 Å². The second-order valence-electron chi connectivity index (χ2n) is 16.1. The molecule has 0 saturated heterocycles. The summed E-state index contributed by atoms with van der Waals surface area (Å²) < 4.78 is 27.7. The van der Waals surface area contributed by atoms with E-state index in [2.05, 4.69) is 194 Å². The molecule has 4 nitrogen and oxygen atoms in total. The minimum absolute atomic E-state index is 0.826. The zero-order valence-electron chi connectivity index (χ0n) is 37.3. The van der Waals surface area contributed by atoms with Crippen molar-refractivity contribution in [3.05, 3.63) is 194 Å². The number of thiophene rings is 3. The SMILES string of the molecule is COc1ccc(-c2cccc(-c3ccc(OC)cc3)c2-c2sc3c(sc4c(-c5ccccc5)c(-c5c(-c6ccc(OC)cc6)cccc5-c5ccc(OC)cc5)sc43)c2-c2ccccc2)cc1. The van der Waals surface area contributed by atoms with Gasteiger partial charge in [0.1, 0.15) is 23.0 Å². The maximum atomic E-state index is 5.62. The van der Waals surface area contributed by atoms with Crippen LogP contribution < -0.4 is 18.9 Å². The van der Waals surface area contributed by atoms with Gasteiger partial charge in [-0.1, -0.05) is 146 Å². The molecule has 0 aliphatic rings. The van der Waals surface area contributed by atoms with E-state index in [-0.39, 0.29) is 0 Å². The monoisotopic (exact) mass is 924 g/mol. The highest BCUT2D eigenvalue weighted by molar-refractivity contribution is 7.41. The van der Waals surface area contributed by atoms with Crippen LogP contribution in [0.1, 0.15) is 0 Å². The lowest BCUT2D eigenvalue weighted by Gasteiger charge is -2.17. The molecule has 0 fully saturated rings. The van der Waals surface area contributed by atoms with Crippen molar-refractivity contribution in [2.75, 3.05) is 28.4 Å². The van der Waals surface area contributed by atoms with Gasteiger partial charge in [-0.05, 0) is 104 Å². The summed E-state index contributed by atoms with van der Waals surface area (Å²) in [5.74, 6) is 3.30. The van der Waals surface area contributed by atoms with Gasteiger partial charge in [-0.2, -0.15) is 0 Å². The topological polar surface area (TPSA) is 36.9 Å². The van der Waals surface area contributed by atoms with E-state index >= 15 is 0 Å². The van der Waals surface area contributed by atoms with E-state index in [9.17, 15) is 0 Å². The highest BCUT2D eigenvalue weighted by Crippen LogP contribution is 2.60. The van der Waals surface area contributed by atoms with E-state index in [1.807, 2.05) is 34.0 Å². The van der Waals surface area contributed by atoms with E-state index in [4.69, 9.17) is 18.9 Å². The van der Waals surface area contributed by atoms with Crippen molar-refractivity contribution in [2.45, 2.75) is 0 Å². The zero-order chi connectivity index (χ0) is 45.4. The van der Waals surface area contributed by atoms with Gasteiger partial charge in [0.05, 0.1) is 47.2 Å². The normalized spacial score (nSPS) is 11.3. The van der Waals surface area contributed by atoms with Crippen LogP contribution in [0, 0.1) is 0 Å². The summed E-state index contributed by atoms with van der Waals surface area (Å²) in [5, 5.41) is 0. The molecule has 0 atom stereocenters. The third-order valence-electron chi connectivity index (χ3n) is 12.5. The van der Waals surface area contributed by atoms with E-state index in [0.29, 0.717) is 0 Å². The molecule has 0 bridgehead atoms. The molecule has 7 heteroatoms. The fraction of sp³-hybridized carbons (Fsp3) is 0.0667. The number of benzene rings is 8. The van der Waals surface area contributed by atoms with Crippen LogP contribution >= 0.6 is 34.0 Å². The molecule has 0 spiro atoms. The smallest absolute Gasteiger partial charge is 0.118 e. The second kappa shape index (κ2) is 18.1. The maximum absolute atomic E-state index is 5.62. The molecule has 0 aliphatic carbocycles. The molecule has 326 valence electrons. The fourth-order valence-electron chi connectivity index (χ4n) is 9.15. The van der Waals surface area contributed by atoms with E-state index < -0.39 is 0 Å². The number of hydrogen-bond donors (Lipinski definition) is 0. The quantitative estimate of drug-likeness (QED) is 0.122.